The van der Waals surface area contributed by atoms with E-state index in [1.807, 2.05) is 13.8 Å². The number of halogens is 1. The van der Waals surface area contributed by atoms with E-state index in [-0.39, 0.29) is 12.5 Å². The number of carboxylic acid groups (broad SMARTS) is 1. The van der Waals surface area contributed by atoms with Crippen LogP contribution < -0.4 is 15.2 Å². The smallest absolute Gasteiger partial charge is 0.312 e. The van der Waals surface area contributed by atoms with Crippen LogP contribution in [0.25, 0.3) is 0 Å². The molecule has 6 heteroatoms. The van der Waals surface area contributed by atoms with Gasteiger partial charge >= 0.3 is 5.97 Å². The molecule has 1 atom stereocenters. The van der Waals surface area contributed by atoms with Gasteiger partial charge in [-0.15, -0.1) is 0 Å². The minimum Gasteiger partial charge on any atom is -0.486 e. The molecule has 3 N–H and O–H groups in total. The Hall–Kier alpha value is -1.46. The fourth-order valence-electron chi connectivity index (χ4n) is 2.46. The second-order valence-corrected chi connectivity index (χ2v) is 5.40. The van der Waals surface area contributed by atoms with Gasteiger partial charge in [0.1, 0.15) is 13.2 Å². The molecule has 110 valence electrons. The molecule has 0 saturated carbocycles. The van der Waals surface area contributed by atoms with Crippen LogP contribution >= 0.6 is 11.6 Å². The maximum atomic E-state index is 11.4. The Labute approximate surface area is 122 Å². The summed E-state index contributed by atoms with van der Waals surface area (Å²) in [5.74, 6) is -0.642. The Kier molecular flexibility index (Phi) is 4.40. The summed E-state index contributed by atoms with van der Waals surface area (Å²) in [5, 5.41) is 9.71. The molecule has 1 aliphatic heterocycles. The predicted molar refractivity (Wildman–Crippen MR) is 76.0 cm³/mol. The average Bonchev–Trinajstić information content (AvgIpc) is 2.39. The second-order valence-electron chi connectivity index (χ2n) is 4.99. The molecular weight excluding hydrogens is 282 g/mol. The van der Waals surface area contributed by atoms with Crippen molar-refractivity contribution in [2.45, 2.75) is 25.7 Å². The first-order valence-electron chi connectivity index (χ1n) is 6.52. The molecule has 1 unspecified atom stereocenters. The molecule has 20 heavy (non-hydrogen) atoms. The summed E-state index contributed by atoms with van der Waals surface area (Å²) >= 11 is 6.27. The molecule has 1 heterocycles. The lowest BCUT2D eigenvalue weighted by Crippen LogP contribution is -2.25. The van der Waals surface area contributed by atoms with Gasteiger partial charge < -0.3 is 20.3 Å². The minimum atomic E-state index is -0.993. The molecule has 0 amide bonds. The molecule has 0 aliphatic carbocycles. The van der Waals surface area contributed by atoms with Crippen molar-refractivity contribution < 1.29 is 19.4 Å². The number of hydrogen-bond donors (Lipinski definition) is 2. The van der Waals surface area contributed by atoms with E-state index in [2.05, 4.69) is 0 Å². The molecule has 1 aromatic carbocycles. The van der Waals surface area contributed by atoms with E-state index in [4.69, 9.17) is 26.8 Å². The maximum Gasteiger partial charge on any atom is 0.312 e. The number of carboxylic acids is 1. The highest BCUT2D eigenvalue weighted by Gasteiger charge is 2.31. The Morgan fingerprint density at radius 1 is 1.40 bits per heavy atom. The molecule has 1 aliphatic rings. The largest absolute Gasteiger partial charge is 0.486 e. The SMILES string of the molecule is CC(C)c1c2c(cc(Cl)c1C(CN)C(=O)O)OCCO2. The van der Waals surface area contributed by atoms with E-state index >= 15 is 0 Å². The predicted octanol–water partition coefficient (Wildman–Crippen LogP) is 2.36. The lowest BCUT2D eigenvalue weighted by Gasteiger charge is -2.27. The fourth-order valence-corrected chi connectivity index (χ4v) is 2.80. The van der Waals surface area contributed by atoms with Crippen LogP contribution in [-0.4, -0.2) is 30.8 Å². The standard InChI is InChI=1S/C14H18ClNO4/c1-7(2)11-12(8(6-16)14(17)18)9(15)5-10-13(11)20-4-3-19-10/h5,7-8H,3-4,6,16H2,1-2H3,(H,17,18). The number of benzene rings is 1. The number of carbonyl (C=O) groups is 1. The molecule has 0 radical (unpaired) electrons. The van der Waals surface area contributed by atoms with Crippen LogP contribution in [0.4, 0.5) is 0 Å². The third-order valence-electron chi connectivity index (χ3n) is 3.32. The van der Waals surface area contributed by atoms with Gasteiger partial charge in [-0.05, 0) is 11.5 Å². The van der Waals surface area contributed by atoms with Gasteiger partial charge in [-0.3, -0.25) is 4.79 Å². The average molecular weight is 300 g/mol. The Morgan fingerprint density at radius 3 is 2.60 bits per heavy atom. The van der Waals surface area contributed by atoms with Crippen LogP contribution in [0.3, 0.4) is 0 Å². The van der Waals surface area contributed by atoms with Crippen molar-refractivity contribution in [1.29, 1.82) is 0 Å². The van der Waals surface area contributed by atoms with Crippen LogP contribution in [-0.2, 0) is 4.79 Å². The lowest BCUT2D eigenvalue weighted by atomic mass is 9.87. The summed E-state index contributed by atoms with van der Waals surface area (Å²) < 4.78 is 11.2. The highest BCUT2D eigenvalue weighted by molar-refractivity contribution is 6.32. The zero-order valence-electron chi connectivity index (χ0n) is 11.5. The van der Waals surface area contributed by atoms with Gasteiger partial charge in [0.15, 0.2) is 11.5 Å². The molecule has 0 bridgehead atoms. The van der Waals surface area contributed by atoms with Gasteiger partial charge in [-0.1, -0.05) is 25.4 Å². The molecule has 5 nitrogen and oxygen atoms in total. The first-order chi connectivity index (χ1) is 9.47. The summed E-state index contributed by atoms with van der Waals surface area (Å²) in [6, 6.07) is 1.61. The summed E-state index contributed by atoms with van der Waals surface area (Å²) in [4.78, 5) is 11.4. The highest BCUT2D eigenvalue weighted by atomic mass is 35.5. The third kappa shape index (κ3) is 2.55. The van der Waals surface area contributed by atoms with E-state index in [0.717, 1.165) is 5.56 Å². The van der Waals surface area contributed by atoms with Gasteiger partial charge in [-0.2, -0.15) is 0 Å². The topological polar surface area (TPSA) is 81.8 Å². The first-order valence-corrected chi connectivity index (χ1v) is 6.89. The van der Waals surface area contributed by atoms with Gasteiger partial charge in [0.05, 0.1) is 5.92 Å². The number of ether oxygens (including phenoxy) is 2. The van der Waals surface area contributed by atoms with Crippen LogP contribution in [0, 0.1) is 0 Å². The molecule has 0 aromatic heterocycles. The van der Waals surface area contributed by atoms with E-state index in [9.17, 15) is 9.90 Å². The van der Waals surface area contributed by atoms with Crippen LogP contribution in [0.15, 0.2) is 6.07 Å². The molecule has 2 rings (SSSR count). The molecule has 0 spiro atoms. The number of fused-ring (bicyclic) bond motifs is 1. The van der Waals surface area contributed by atoms with E-state index in [1.165, 1.54) is 0 Å². The van der Waals surface area contributed by atoms with E-state index < -0.39 is 11.9 Å². The lowest BCUT2D eigenvalue weighted by molar-refractivity contribution is -0.138. The number of nitrogens with two attached hydrogens (primary N) is 1. The van der Waals surface area contributed by atoms with Crippen molar-refractivity contribution in [2.75, 3.05) is 19.8 Å². The van der Waals surface area contributed by atoms with E-state index in [0.29, 0.717) is 35.3 Å². The zero-order valence-corrected chi connectivity index (χ0v) is 12.2. The van der Waals surface area contributed by atoms with Crippen LogP contribution in [0.1, 0.15) is 36.8 Å². The normalized spacial score (nSPS) is 15.2. The Morgan fingerprint density at radius 2 is 2.05 bits per heavy atom. The summed E-state index contributed by atoms with van der Waals surface area (Å²) in [6.07, 6.45) is 0. The summed E-state index contributed by atoms with van der Waals surface area (Å²) in [5.41, 5.74) is 6.91. The second kappa shape index (κ2) is 5.89. The van der Waals surface area contributed by atoms with Crippen molar-refractivity contribution >= 4 is 17.6 Å². The summed E-state index contributed by atoms with van der Waals surface area (Å²) in [6.45, 7) is 4.80. The van der Waals surface area contributed by atoms with Gasteiger partial charge in [-0.25, -0.2) is 0 Å². The number of rotatable bonds is 4. The maximum absolute atomic E-state index is 11.4. The van der Waals surface area contributed by atoms with Gasteiger partial charge in [0, 0.05) is 23.2 Å². The van der Waals surface area contributed by atoms with Crippen LogP contribution in [0.5, 0.6) is 11.5 Å². The van der Waals surface area contributed by atoms with E-state index in [1.54, 1.807) is 6.07 Å². The molecule has 0 saturated heterocycles. The summed E-state index contributed by atoms with van der Waals surface area (Å²) in [7, 11) is 0. The Bertz CT molecular complexity index is 530. The fraction of sp³-hybridized carbons (Fsp3) is 0.500. The van der Waals surface area contributed by atoms with Crippen LogP contribution in [0.2, 0.25) is 5.02 Å². The quantitative estimate of drug-likeness (QED) is 0.892. The van der Waals surface area contributed by atoms with Crippen molar-refractivity contribution in [2.24, 2.45) is 5.73 Å². The monoisotopic (exact) mass is 299 g/mol. The first kappa shape index (κ1) is 14.9. The number of hydrogen-bond acceptors (Lipinski definition) is 4. The van der Waals surface area contributed by atoms with Crippen molar-refractivity contribution in [3.05, 3.63) is 22.2 Å². The number of aliphatic carboxylic acids is 1. The minimum absolute atomic E-state index is 0.0194. The molecule has 0 fully saturated rings. The van der Waals surface area contributed by atoms with Crippen molar-refractivity contribution in [3.63, 3.8) is 0 Å². The molecular formula is C14H18ClNO4. The zero-order chi connectivity index (χ0) is 14.9. The van der Waals surface area contributed by atoms with Crippen molar-refractivity contribution in [1.82, 2.24) is 0 Å². The van der Waals surface area contributed by atoms with Crippen molar-refractivity contribution in [3.8, 4) is 11.5 Å². The third-order valence-corrected chi connectivity index (χ3v) is 3.63. The highest BCUT2D eigenvalue weighted by Crippen LogP contribution is 2.45. The Balaban J connectivity index is 2.69. The molecule has 1 aromatic rings. The van der Waals surface area contributed by atoms with Gasteiger partial charge in [0.25, 0.3) is 0 Å². The van der Waals surface area contributed by atoms with Gasteiger partial charge in [0.2, 0.25) is 0 Å².